The molecule has 0 aliphatic rings. The Morgan fingerprint density at radius 3 is 2.89 bits per heavy atom. The fourth-order valence-electron chi connectivity index (χ4n) is 1.57. The average molecular weight is 277 g/mol. The highest BCUT2D eigenvalue weighted by atomic mass is 32.1. The van der Waals surface area contributed by atoms with Crippen molar-refractivity contribution in [1.29, 1.82) is 0 Å². The molecule has 5 heteroatoms. The molecule has 0 unspecified atom stereocenters. The summed E-state index contributed by atoms with van der Waals surface area (Å²) in [4.78, 5) is 16.2. The molecule has 0 fully saturated rings. The minimum Gasteiger partial charge on any atom is -0.460 e. The molecule has 2 rings (SSSR count). The van der Waals surface area contributed by atoms with Gasteiger partial charge in [-0.05, 0) is 19.1 Å². The van der Waals surface area contributed by atoms with Gasteiger partial charge in [0.25, 0.3) is 0 Å². The monoisotopic (exact) mass is 277 g/mol. The summed E-state index contributed by atoms with van der Waals surface area (Å²) < 4.78 is 9.92. The number of esters is 1. The molecule has 0 N–H and O–H groups in total. The van der Waals surface area contributed by atoms with E-state index < -0.39 is 0 Å². The molecule has 100 valence electrons. The SMILES string of the molecule is COCCOC(=O)c1cccc(-c2nc(C)cs2)c1. The Kier molecular flexibility index (Phi) is 4.65. The molecule has 0 aliphatic carbocycles. The van der Waals surface area contributed by atoms with E-state index in [0.717, 1.165) is 16.3 Å². The van der Waals surface area contributed by atoms with Gasteiger partial charge in [-0.25, -0.2) is 9.78 Å². The molecule has 0 atom stereocenters. The van der Waals surface area contributed by atoms with Crippen LogP contribution < -0.4 is 0 Å². The molecular weight excluding hydrogens is 262 g/mol. The molecule has 0 radical (unpaired) electrons. The number of methoxy groups -OCH3 is 1. The number of hydrogen-bond donors (Lipinski definition) is 0. The summed E-state index contributed by atoms with van der Waals surface area (Å²) >= 11 is 1.56. The highest BCUT2D eigenvalue weighted by Gasteiger charge is 2.09. The standard InChI is InChI=1S/C14H15NO3S/c1-10-9-19-13(15-10)11-4-3-5-12(8-11)14(16)18-7-6-17-2/h3-5,8-9H,6-7H2,1-2H3. The van der Waals surface area contributed by atoms with Crippen molar-refractivity contribution in [3.05, 3.63) is 40.9 Å². The molecule has 1 aromatic carbocycles. The Hall–Kier alpha value is -1.72. The highest BCUT2D eigenvalue weighted by Crippen LogP contribution is 2.24. The van der Waals surface area contributed by atoms with Crippen LogP contribution in [-0.2, 0) is 9.47 Å². The molecule has 0 bridgehead atoms. The lowest BCUT2D eigenvalue weighted by Crippen LogP contribution is -2.09. The molecular formula is C14H15NO3S. The van der Waals surface area contributed by atoms with E-state index >= 15 is 0 Å². The highest BCUT2D eigenvalue weighted by molar-refractivity contribution is 7.13. The lowest BCUT2D eigenvalue weighted by atomic mass is 10.1. The van der Waals surface area contributed by atoms with Crippen molar-refractivity contribution in [2.45, 2.75) is 6.92 Å². The third-order valence-electron chi connectivity index (χ3n) is 2.48. The van der Waals surface area contributed by atoms with Gasteiger partial charge in [0, 0.05) is 23.7 Å². The summed E-state index contributed by atoms with van der Waals surface area (Å²) in [6, 6.07) is 7.30. The summed E-state index contributed by atoms with van der Waals surface area (Å²) in [6.07, 6.45) is 0. The molecule has 0 saturated carbocycles. The quantitative estimate of drug-likeness (QED) is 0.623. The van der Waals surface area contributed by atoms with Gasteiger partial charge in [0.1, 0.15) is 11.6 Å². The van der Waals surface area contributed by atoms with Gasteiger partial charge in [-0.15, -0.1) is 11.3 Å². The summed E-state index contributed by atoms with van der Waals surface area (Å²) in [6.45, 7) is 2.61. The Morgan fingerprint density at radius 1 is 1.37 bits per heavy atom. The predicted molar refractivity (Wildman–Crippen MR) is 74.4 cm³/mol. The Bertz CT molecular complexity index is 565. The first kappa shape index (κ1) is 13.7. The first-order chi connectivity index (χ1) is 9.20. The van der Waals surface area contributed by atoms with E-state index in [1.807, 2.05) is 24.4 Å². The van der Waals surface area contributed by atoms with Crippen molar-refractivity contribution in [1.82, 2.24) is 4.98 Å². The van der Waals surface area contributed by atoms with E-state index in [1.54, 1.807) is 30.6 Å². The zero-order valence-corrected chi connectivity index (χ0v) is 11.7. The van der Waals surface area contributed by atoms with Crippen LogP contribution in [0, 0.1) is 6.92 Å². The van der Waals surface area contributed by atoms with Gasteiger partial charge in [0.15, 0.2) is 0 Å². The molecule has 0 spiro atoms. The fraction of sp³-hybridized carbons (Fsp3) is 0.286. The summed E-state index contributed by atoms with van der Waals surface area (Å²) in [5.41, 5.74) is 2.44. The zero-order chi connectivity index (χ0) is 13.7. The average Bonchev–Trinajstić information content (AvgIpc) is 2.86. The Labute approximate surface area is 116 Å². The smallest absolute Gasteiger partial charge is 0.338 e. The van der Waals surface area contributed by atoms with Crippen molar-refractivity contribution in [2.24, 2.45) is 0 Å². The lowest BCUT2D eigenvalue weighted by Gasteiger charge is -2.05. The lowest BCUT2D eigenvalue weighted by molar-refractivity contribution is 0.0388. The number of carbonyl (C=O) groups excluding carboxylic acids is 1. The molecule has 0 saturated heterocycles. The van der Waals surface area contributed by atoms with Gasteiger partial charge in [0.2, 0.25) is 0 Å². The summed E-state index contributed by atoms with van der Waals surface area (Å²) in [7, 11) is 1.57. The third kappa shape index (κ3) is 3.62. The van der Waals surface area contributed by atoms with Crippen molar-refractivity contribution < 1.29 is 14.3 Å². The third-order valence-corrected chi connectivity index (χ3v) is 3.49. The van der Waals surface area contributed by atoms with Crippen LogP contribution in [0.3, 0.4) is 0 Å². The number of nitrogens with zero attached hydrogens (tertiary/aromatic N) is 1. The Morgan fingerprint density at radius 2 is 2.21 bits per heavy atom. The number of hydrogen-bond acceptors (Lipinski definition) is 5. The van der Waals surface area contributed by atoms with Crippen LogP contribution in [0.1, 0.15) is 16.1 Å². The van der Waals surface area contributed by atoms with Crippen molar-refractivity contribution in [3.63, 3.8) is 0 Å². The van der Waals surface area contributed by atoms with E-state index in [1.165, 1.54) is 0 Å². The Balaban J connectivity index is 2.13. The molecule has 19 heavy (non-hydrogen) atoms. The van der Waals surface area contributed by atoms with E-state index in [4.69, 9.17) is 9.47 Å². The molecule has 0 aliphatic heterocycles. The maximum Gasteiger partial charge on any atom is 0.338 e. The number of ether oxygens (including phenoxy) is 2. The van der Waals surface area contributed by atoms with Crippen LogP contribution in [-0.4, -0.2) is 31.3 Å². The second-order valence-corrected chi connectivity index (χ2v) is 4.86. The minimum absolute atomic E-state index is 0.260. The number of benzene rings is 1. The second kappa shape index (κ2) is 6.45. The van der Waals surface area contributed by atoms with Gasteiger partial charge in [0.05, 0.1) is 12.2 Å². The predicted octanol–water partition coefficient (Wildman–Crippen LogP) is 2.92. The molecule has 0 amide bonds. The zero-order valence-electron chi connectivity index (χ0n) is 10.9. The van der Waals surface area contributed by atoms with Gasteiger partial charge in [-0.1, -0.05) is 12.1 Å². The number of aromatic nitrogens is 1. The first-order valence-corrected chi connectivity index (χ1v) is 6.77. The molecule has 2 aromatic rings. The number of rotatable bonds is 5. The van der Waals surface area contributed by atoms with E-state index in [0.29, 0.717) is 12.2 Å². The molecule has 1 aromatic heterocycles. The number of thiazole rings is 1. The van der Waals surface area contributed by atoms with Crippen LogP contribution in [0.5, 0.6) is 0 Å². The minimum atomic E-state index is -0.341. The van der Waals surface area contributed by atoms with Gasteiger partial charge in [-0.3, -0.25) is 0 Å². The van der Waals surface area contributed by atoms with Crippen molar-refractivity contribution in [2.75, 3.05) is 20.3 Å². The van der Waals surface area contributed by atoms with Gasteiger partial charge in [-0.2, -0.15) is 0 Å². The fourth-order valence-corrected chi connectivity index (χ4v) is 2.36. The number of aryl methyl sites for hydroxylation is 1. The van der Waals surface area contributed by atoms with Crippen LogP contribution in [0.4, 0.5) is 0 Å². The van der Waals surface area contributed by atoms with Crippen molar-refractivity contribution in [3.8, 4) is 10.6 Å². The topological polar surface area (TPSA) is 48.4 Å². The maximum absolute atomic E-state index is 11.8. The summed E-state index contributed by atoms with van der Waals surface area (Å²) in [5.74, 6) is -0.341. The first-order valence-electron chi connectivity index (χ1n) is 5.89. The van der Waals surface area contributed by atoms with Gasteiger partial charge >= 0.3 is 5.97 Å². The second-order valence-electron chi connectivity index (χ2n) is 4.00. The molecule has 4 nitrogen and oxygen atoms in total. The van der Waals surface area contributed by atoms with Crippen LogP contribution in [0.15, 0.2) is 29.6 Å². The maximum atomic E-state index is 11.8. The summed E-state index contributed by atoms with van der Waals surface area (Å²) in [5, 5.41) is 2.89. The van der Waals surface area contributed by atoms with Gasteiger partial charge < -0.3 is 9.47 Å². The van der Waals surface area contributed by atoms with Crippen LogP contribution >= 0.6 is 11.3 Å². The van der Waals surface area contributed by atoms with E-state index in [9.17, 15) is 4.79 Å². The van der Waals surface area contributed by atoms with Crippen LogP contribution in [0.2, 0.25) is 0 Å². The molecule has 1 heterocycles. The van der Waals surface area contributed by atoms with E-state index in [-0.39, 0.29) is 12.6 Å². The van der Waals surface area contributed by atoms with Crippen molar-refractivity contribution >= 4 is 17.3 Å². The van der Waals surface area contributed by atoms with Crippen LogP contribution in [0.25, 0.3) is 10.6 Å². The largest absolute Gasteiger partial charge is 0.460 e. The normalized spacial score (nSPS) is 10.4. The van der Waals surface area contributed by atoms with E-state index in [2.05, 4.69) is 4.98 Å². The number of carbonyl (C=O) groups is 1.